The van der Waals surface area contributed by atoms with E-state index in [1.54, 1.807) is 30.8 Å². The van der Waals surface area contributed by atoms with Gasteiger partial charge in [0.15, 0.2) is 10.9 Å². The molecule has 0 atom stereocenters. The van der Waals surface area contributed by atoms with Gasteiger partial charge in [0, 0.05) is 16.6 Å². The summed E-state index contributed by atoms with van der Waals surface area (Å²) in [5.74, 6) is 0.445. The summed E-state index contributed by atoms with van der Waals surface area (Å²) in [6.07, 6.45) is 3.36. The third-order valence-electron chi connectivity index (χ3n) is 4.34. The van der Waals surface area contributed by atoms with Crippen molar-refractivity contribution in [2.45, 2.75) is 0 Å². The third kappa shape index (κ3) is 2.97. The summed E-state index contributed by atoms with van der Waals surface area (Å²) in [7, 11) is 0. The van der Waals surface area contributed by atoms with Crippen molar-refractivity contribution in [3.63, 3.8) is 0 Å². The summed E-state index contributed by atoms with van der Waals surface area (Å²) in [5.41, 5.74) is 3.95. The molecule has 28 heavy (non-hydrogen) atoms. The summed E-state index contributed by atoms with van der Waals surface area (Å²) in [6, 6.07) is 19.1. The summed E-state index contributed by atoms with van der Waals surface area (Å²) < 4.78 is 7.32. The molecular weight excluding hydrogens is 372 g/mol. The van der Waals surface area contributed by atoms with Crippen LogP contribution in [-0.4, -0.2) is 20.4 Å². The molecule has 0 saturated carbocycles. The van der Waals surface area contributed by atoms with E-state index in [9.17, 15) is 4.79 Å². The maximum atomic E-state index is 12.6. The van der Waals surface area contributed by atoms with Gasteiger partial charge in [-0.2, -0.15) is 0 Å². The van der Waals surface area contributed by atoms with Gasteiger partial charge in [-0.3, -0.25) is 14.7 Å². The number of anilines is 1. The predicted molar refractivity (Wildman–Crippen MR) is 109 cm³/mol. The number of benzene rings is 2. The van der Waals surface area contributed by atoms with Crippen LogP contribution in [0.25, 0.3) is 28.2 Å². The van der Waals surface area contributed by atoms with Crippen LogP contribution >= 0.6 is 11.3 Å². The lowest BCUT2D eigenvalue weighted by Crippen LogP contribution is -2.11. The second kappa shape index (κ2) is 6.79. The lowest BCUT2D eigenvalue weighted by atomic mass is 10.2. The Bertz CT molecular complexity index is 1260. The van der Waals surface area contributed by atoms with Crippen LogP contribution in [0, 0.1) is 0 Å². The van der Waals surface area contributed by atoms with E-state index in [4.69, 9.17) is 4.42 Å². The minimum absolute atomic E-state index is 0.225. The number of nitrogens with zero attached hydrogens (tertiary/aromatic N) is 3. The Morgan fingerprint density at radius 1 is 1.07 bits per heavy atom. The van der Waals surface area contributed by atoms with Gasteiger partial charge >= 0.3 is 0 Å². The summed E-state index contributed by atoms with van der Waals surface area (Å²) in [5, 5.41) is 5.20. The molecule has 0 saturated heterocycles. The number of hydrogen-bond donors (Lipinski definition) is 1. The number of carbonyl (C=O) groups excluding carboxylic acids is 1. The second-order valence-electron chi connectivity index (χ2n) is 6.12. The van der Waals surface area contributed by atoms with Crippen molar-refractivity contribution in [2.24, 2.45) is 0 Å². The minimum Gasteiger partial charge on any atom is -0.463 e. The fraction of sp³-hybridized carbons (Fsp3) is 0. The van der Waals surface area contributed by atoms with E-state index >= 15 is 0 Å². The Morgan fingerprint density at radius 2 is 1.96 bits per heavy atom. The Morgan fingerprint density at radius 3 is 2.79 bits per heavy atom. The lowest BCUT2D eigenvalue weighted by Gasteiger charge is -2.05. The van der Waals surface area contributed by atoms with Gasteiger partial charge in [0.2, 0.25) is 0 Å². The number of carbonyl (C=O) groups is 1. The number of nitrogens with one attached hydrogen (secondary N) is 1. The molecule has 5 aromatic rings. The van der Waals surface area contributed by atoms with Crippen LogP contribution in [0.4, 0.5) is 5.13 Å². The fourth-order valence-corrected chi connectivity index (χ4v) is 3.68. The van der Waals surface area contributed by atoms with Gasteiger partial charge in [0.05, 0.1) is 17.3 Å². The zero-order valence-corrected chi connectivity index (χ0v) is 15.4. The molecule has 7 heteroatoms. The van der Waals surface area contributed by atoms with E-state index < -0.39 is 0 Å². The van der Waals surface area contributed by atoms with Crippen LogP contribution in [0.3, 0.4) is 0 Å². The molecule has 1 amide bonds. The SMILES string of the molecule is O=C(Nc1nc(-c2ccco2)cs1)c1ccc2c(c1)ncn2-c1ccccc1. The predicted octanol–water partition coefficient (Wildman–Crippen LogP) is 4.99. The highest BCUT2D eigenvalue weighted by Gasteiger charge is 2.13. The molecule has 3 aromatic heterocycles. The molecule has 0 aliphatic carbocycles. The molecule has 0 aliphatic rings. The van der Waals surface area contributed by atoms with Crippen LogP contribution in [0.1, 0.15) is 10.4 Å². The first kappa shape index (κ1) is 16.5. The summed E-state index contributed by atoms with van der Waals surface area (Å²) >= 11 is 1.35. The normalized spacial score (nSPS) is 11.0. The van der Waals surface area contributed by atoms with Crippen LogP contribution in [0.5, 0.6) is 0 Å². The van der Waals surface area contributed by atoms with Gasteiger partial charge in [-0.25, -0.2) is 9.97 Å². The van der Waals surface area contributed by atoms with Gasteiger partial charge in [-0.05, 0) is 42.5 Å². The van der Waals surface area contributed by atoms with Crippen molar-refractivity contribution >= 4 is 33.4 Å². The Hall–Kier alpha value is -3.71. The molecule has 5 rings (SSSR count). The Balaban J connectivity index is 1.40. The number of hydrogen-bond acceptors (Lipinski definition) is 5. The number of amides is 1. The lowest BCUT2D eigenvalue weighted by molar-refractivity contribution is 0.102. The van der Waals surface area contributed by atoms with Crippen LogP contribution < -0.4 is 5.32 Å². The highest BCUT2D eigenvalue weighted by Crippen LogP contribution is 2.26. The zero-order chi connectivity index (χ0) is 18.9. The van der Waals surface area contributed by atoms with E-state index in [1.165, 1.54) is 11.3 Å². The Labute approximate surface area is 164 Å². The zero-order valence-electron chi connectivity index (χ0n) is 14.6. The largest absolute Gasteiger partial charge is 0.463 e. The van der Waals surface area contributed by atoms with E-state index in [-0.39, 0.29) is 5.91 Å². The van der Waals surface area contributed by atoms with Crippen LogP contribution in [-0.2, 0) is 0 Å². The number of aromatic nitrogens is 3. The molecule has 3 heterocycles. The van der Waals surface area contributed by atoms with Crippen molar-refractivity contribution in [1.82, 2.24) is 14.5 Å². The van der Waals surface area contributed by atoms with Crippen molar-refractivity contribution in [2.75, 3.05) is 5.32 Å². The first-order valence-corrected chi connectivity index (χ1v) is 9.49. The third-order valence-corrected chi connectivity index (χ3v) is 5.10. The number of imidazole rings is 1. The van der Waals surface area contributed by atoms with Gasteiger partial charge in [0.25, 0.3) is 5.91 Å². The summed E-state index contributed by atoms with van der Waals surface area (Å²) in [6.45, 7) is 0. The quantitative estimate of drug-likeness (QED) is 0.472. The number of fused-ring (bicyclic) bond motifs is 1. The standard InChI is InChI=1S/C21H14N4O2S/c26-20(24-21-23-17(12-28-21)19-7-4-10-27-19)14-8-9-18-16(11-14)22-13-25(18)15-5-2-1-3-6-15/h1-13H,(H,23,24,26). The van der Waals surface area contributed by atoms with Crippen molar-refractivity contribution in [3.8, 4) is 17.1 Å². The van der Waals surface area contributed by atoms with Crippen molar-refractivity contribution in [3.05, 3.63) is 84.2 Å². The second-order valence-corrected chi connectivity index (χ2v) is 6.98. The maximum Gasteiger partial charge on any atom is 0.257 e. The fourth-order valence-electron chi connectivity index (χ4n) is 2.99. The Kier molecular flexibility index (Phi) is 3.99. The van der Waals surface area contributed by atoms with Gasteiger partial charge in [-0.15, -0.1) is 11.3 Å². The molecular formula is C21H14N4O2S. The molecule has 1 N–H and O–H groups in total. The monoisotopic (exact) mass is 386 g/mol. The smallest absolute Gasteiger partial charge is 0.257 e. The molecule has 0 fully saturated rings. The number of para-hydroxylation sites is 1. The van der Waals surface area contributed by atoms with E-state index in [0.29, 0.717) is 22.1 Å². The highest BCUT2D eigenvalue weighted by molar-refractivity contribution is 7.14. The highest BCUT2D eigenvalue weighted by atomic mass is 32.1. The van der Waals surface area contributed by atoms with E-state index in [0.717, 1.165) is 16.7 Å². The topological polar surface area (TPSA) is 73.0 Å². The molecule has 0 radical (unpaired) electrons. The number of furan rings is 1. The summed E-state index contributed by atoms with van der Waals surface area (Å²) in [4.78, 5) is 21.5. The number of thiazole rings is 1. The van der Waals surface area contributed by atoms with E-state index in [1.807, 2.05) is 52.4 Å². The number of rotatable bonds is 4. The maximum absolute atomic E-state index is 12.6. The van der Waals surface area contributed by atoms with Crippen LogP contribution in [0.2, 0.25) is 0 Å². The van der Waals surface area contributed by atoms with Crippen molar-refractivity contribution < 1.29 is 9.21 Å². The molecule has 0 spiro atoms. The van der Waals surface area contributed by atoms with Gasteiger partial charge < -0.3 is 4.42 Å². The molecule has 6 nitrogen and oxygen atoms in total. The molecule has 0 unspecified atom stereocenters. The molecule has 0 bridgehead atoms. The van der Waals surface area contributed by atoms with E-state index in [2.05, 4.69) is 15.3 Å². The van der Waals surface area contributed by atoms with Gasteiger partial charge in [-0.1, -0.05) is 18.2 Å². The minimum atomic E-state index is -0.225. The van der Waals surface area contributed by atoms with Gasteiger partial charge in [0.1, 0.15) is 12.0 Å². The average Bonchev–Trinajstić information content (AvgIpc) is 3.48. The average molecular weight is 386 g/mol. The molecule has 136 valence electrons. The van der Waals surface area contributed by atoms with Crippen LogP contribution in [0.15, 0.2) is 83.1 Å². The first-order chi connectivity index (χ1) is 13.8. The first-order valence-electron chi connectivity index (χ1n) is 8.61. The van der Waals surface area contributed by atoms with Crippen molar-refractivity contribution in [1.29, 1.82) is 0 Å². The molecule has 0 aliphatic heterocycles. The molecule has 2 aromatic carbocycles.